The molecule has 0 aliphatic rings. The van der Waals surface area contributed by atoms with Crippen LogP contribution >= 0.6 is 0 Å². The van der Waals surface area contributed by atoms with Gasteiger partial charge in [-0.3, -0.25) is 4.98 Å². The molecule has 0 aliphatic heterocycles. The van der Waals surface area contributed by atoms with Gasteiger partial charge in [-0.2, -0.15) is 31.3 Å². The minimum Gasteiger partial charge on any atom is -0.302 e. The first-order valence-electron chi connectivity index (χ1n) is 5.29. The maximum Gasteiger partial charge on any atom is 0.431 e. The maximum atomic E-state index is 12.8. The van der Waals surface area contributed by atoms with Gasteiger partial charge >= 0.3 is 18.0 Å². The molecule has 21 heavy (non-hydrogen) atoms. The monoisotopic (exact) mass is 309 g/mol. The summed E-state index contributed by atoms with van der Waals surface area (Å²) >= 11 is 0. The quantitative estimate of drug-likeness (QED) is 0.824. The van der Waals surface area contributed by atoms with Crippen LogP contribution in [0.15, 0.2) is 29.3 Å². The van der Waals surface area contributed by atoms with Crippen LogP contribution in [-0.2, 0) is 12.4 Å². The molecule has 2 heterocycles. The van der Waals surface area contributed by atoms with Crippen molar-refractivity contribution >= 4 is 0 Å². The Morgan fingerprint density at radius 3 is 2.29 bits per heavy atom. The molecule has 0 saturated carbocycles. The molecule has 4 nitrogen and oxygen atoms in total. The van der Waals surface area contributed by atoms with Gasteiger partial charge in [-0.25, -0.2) is 4.79 Å². The van der Waals surface area contributed by atoms with Crippen molar-refractivity contribution in [1.29, 1.82) is 0 Å². The molecule has 1 N–H and O–H groups in total. The van der Waals surface area contributed by atoms with E-state index in [2.05, 4.69) is 9.97 Å². The van der Waals surface area contributed by atoms with Gasteiger partial charge in [0.05, 0.1) is 11.3 Å². The highest BCUT2D eigenvalue weighted by Crippen LogP contribution is 2.36. The number of hydrogen-bond acceptors (Lipinski definition) is 3. The van der Waals surface area contributed by atoms with E-state index in [1.807, 2.05) is 0 Å². The van der Waals surface area contributed by atoms with E-state index in [1.165, 1.54) is 4.98 Å². The molecule has 0 aromatic carbocycles. The Morgan fingerprint density at radius 2 is 1.71 bits per heavy atom. The summed E-state index contributed by atoms with van der Waals surface area (Å²) in [6, 6.07) is 0.916. The van der Waals surface area contributed by atoms with Gasteiger partial charge in [0.1, 0.15) is 5.69 Å². The zero-order chi connectivity index (χ0) is 15.8. The fourth-order valence-electron chi connectivity index (χ4n) is 1.59. The Hall–Kier alpha value is -2.39. The smallest absolute Gasteiger partial charge is 0.302 e. The van der Waals surface area contributed by atoms with E-state index < -0.39 is 40.6 Å². The Labute approximate surface area is 112 Å². The number of H-pyrrole nitrogens is 1. The molecule has 0 bridgehead atoms. The van der Waals surface area contributed by atoms with Crippen LogP contribution in [0, 0.1) is 0 Å². The van der Waals surface area contributed by atoms with E-state index in [0.717, 1.165) is 6.20 Å². The third kappa shape index (κ3) is 3.20. The van der Waals surface area contributed by atoms with E-state index in [1.54, 1.807) is 0 Å². The molecule has 10 heteroatoms. The molecule has 0 spiro atoms. The zero-order valence-corrected chi connectivity index (χ0v) is 9.88. The van der Waals surface area contributed by atoms with Crippen molar-refractivity contribution in [3.8, 4) is 11.3 Å². The van der Waals surface area contributed by atoms with Crippen LogP contribution in [0.1, 0.15) is 11.3 Å². The lowest BCUT2D eigenvalue weighted by Gasteiger charge is -2.12. The normalized spacial score (nSPS) is 12.5. The number of halogens is 6. The molecule has 0 atom stereocenters. The molecular formula is C11H5F6N3O. The van der Waals surface area contributed by atoms with Crippen molar-refractivity contribution in [2.45, 2.75) is 12.4 Å². The third-order valence-corrected chi connectivity index (χ3v) is 2.45. The topological polar surface area (TPSA) is 58.6 Å². The van der Waals surface area contributed by atoms with E-state index >= 15 is 0 Å². The van der Waals surface area contributed by atoms with Crippen molar-refractivity contribution in [3.63, 3.8) is 0 Å². The minimum absolute atomic E-state index is 0.327. The summed E-state index contributed by atoms with van der Waals surface area (Å²) in [5, 5.41) is 0. The Morgan fingerprint density at radius 1 is 1.05 bits per heavy atom. The average molecular weight is 309 g/mol. The van der Waals surface area contributed by atoms with E-state index in [0.29, 0.717) is 18.3 Å². The number of nitrogens with one attached hydrogen (secondary N) is 1. The van der Waals surface area contributed by atoms with Crippen LogP contribution in [0.25, 0.3) is 11.3 Å². The highest BCUT2D eigenvalue weighted by atomic mass is 19.4. The second-order valence-corrected chi connectivity index (χ2v) is 3.90. The van der Waals surface area contributed by atoms with Gasteiger partial charge < -0.3 is 4.98 Å². The number of rotatable bonds is 1. The van der Waals surface area contributed by atoms with Crippen LogP contribution in [-0.4, -0.2) is 15.0 Å². The first kappa shape index (κ1) is 15.0. The first-order valence-corrected chi connectivity index (χ1v) is 5.29. The fraction of sp³-hybridized carbons (Fsp3) is 0.182. The molecule has 112 valence electrons. The summed E-state index contributed by atoms with van der Waals surface area (Å²) in [4.78, 5) is 19.1. The molecule has 0 amide bonds. The van der Waals surface area contributed by atoms with Gasteiger partial charge in [-0.1, -0.05) is 0 Å². The van der Waals surface area contributed by atoms with Crippen molar-refractivity contribution in [3.05, 3.63) is 46.3 Å². The largest absolute Gasteiger partial charge is 0.431 e. The van der Waals surface area contributed by atoms with Gasteiger partial charge in [0.25, 0.3) is 0 Å². The van der Waals surface area contributed by atoms with Crippen molar-refractivity contribution in [2.24, 2.45) is 0 Å². The van der Waals surface area contributed by atoms with Crippen LogP contribution in [0.4, 0.5) is 26.3 Å². The number of alkyl halides is 6. The summed E-state index contributed by atoms with van der Waals surface area (Å²) < 4.78 is 76.1. The molecule has 0 saturated heterocycles. The van der Waals surface area contributed by atoms with Crippen LogP contribution in [0.2, 0.25) is 0 Å². The molecule has 0 aliphatic carbocycles. The van der Waals surface area contributed by atoms with Crippen LogP contribution in [0.5, 0.6) is 0 Å². The zero-order valence-electron chi connectivity index (χ0n) is 9.88. The number of aromatic amines is 1. The molecule has 0 radical (unpaired) electrons. The number of hydrogen-bond donors (Lipinski definition) is 1. The van der Waals surface area contributed by atoms with Crippen molar-refractivity contribution in [1.82, 2.24) is 15.0 Å². The molecule has 0 unspecified atom stereocenters. The van der Waals surface area contributed by atoms with Crippen molar-refractivity contribution in [2.75, 3.05) is 0 Å². The molecule has 0 fully saturated rings. The van der Waals surface area contributed by atoms with Crippen LogP contribution < -0.4 is 5.69 Å². The van der Waals surface area contributed by atoms with E-state index in [4.69, 9.17) is 0 Å². The van der Waals surface area contributed by atoms with Gasteiger partial charge in [0, 0.05) is 18.0 Å². The third-order valence-electron chi connectivity index (χ3n) is 2.45. The summed E-state index contributed by atoms with van der Waals surface area (Å²) in [7, 11) is 0. The molecular weight excluding hydrogens is 304 g/mol. The average Bonchev–Trinajstić information content (AvgIpc) is 2.36. The Balaban J connectivity index is 2.69. The lowest BCUT2D eigenvalue weighted by Crippen LogP contribution is -2.20. The second-order valence-electron chi connectivity index (χ2n) is 3.90. The SMILES string of the molecule is O=c1nc(-c2cnccc2C(F)(F)F)cc(C(F)(F)F)[nH]1. The lowest BCUT2D eigenvalue weighted by atomic mass is 10.1. The predicted molar refractivity (Wildman–Crippen MR) is 58.1 cm³/mol. The maximum absolute atomic E-state index is 12.8. The Kier molecular flexibility index (Phi) is 3.47. The number of nitrogens with zero attached hydrogens (tertiary/aromatic N) is 2. The van der Waals surface area contributed by atoms with Gasteiger partial charge in [0.2, 0.25) is 0 Å². The summed E-state index contributed by atoms with van der Waals surface area (Å²) in [5.41, 5.74) is -5.59. The van der Waals surface area contributed by atoms with E-state index in [9.17, 15) is 31.1 Å². The van der Waals surface area contributed by atoms with Gasteiger partial charge in [-0.05, 0) is 12.1 Å². The number of aromatic nitrogens is 3. The first-order chi connectivity index (χ1) is 9.59. The highest BCUT2D eigenvalue weighted by Gasteiger charge is 2.36. The fourth-order valence-corrected chi connectivity index (χ4v) is 1.59. The predicted octanol–water partition coefficient (Wildman–Crippen LogP) is 2.87. The highest BCUT2D eigenvalue weighted by molar-refractivity contribution is 5.63. The lowest BCUT2D eigenvalue weighted by molar-refractivity contribution is -0.141. The van der Waals surface area contributed by atoms with E-state index in [-0.39, 0.29) is 0 Å². The Bertz CT molecular complexity index is 719. The summed E-state index contributed by atoms with van der Waals surface area (Å²) in [6.45, 7) is 0. The minimum atomic E-state index is -4.92. The standard InChI is InChI=1S/C11H5F6N3O/c12-10(13,14)6-1-2-18-4-5(6)7-3-8(11(15,16)17)20-9(21)19-7/h1-4H,(H,19,20,21). The second kappa shape index (κ2) is 4.86. The van der Waals surface area contributed by atoms with Crippen molar-refractivity contribution < 1.29 is 26.3 Å². The van der Waals surface area contributed by atoms with Gasteiger partial charge in [-0.15, -0.1) is 0 Å². The number of pyridine rings is 1. The molecule has 2 aromatic rings. The van der Waals surface area contributed by atoms with Gasteiger partial charge in [0.15, 0.2) is 0 Å². The molecule has 2 rings (SSSR count). The summed E-state index contributed by atoms with van der Waals surface area (Å²) in [6.07, 6.45) is -8.20. The summed E-state index contributed by atoms with van der Waals surface area (Å²) in [5.74, 6) is 0. The molecule has 2 aromatic heterocycles. The van der Waals surface area contributed by atoms with Crippen LogP contribution in [0.3, 0.4) is 0 Å².